The van der Waals surface area contributed by atoms with Crippen LogP contribution in [0.2, 0.25) is 0 Å². The lowest BCUT2D eigenvalue weighted by molar-refractivity contribution is -0.0752. The Bertz CT molecular complexity index is 1160. The first-order chi connectivity index (χ1) is 26.7. The topological polar surface area (TPSA) is 116 Å². The molecule has 3 saturated carbocycles. The number of hydrogen-bond acceptors (Lipinski definition) is 8. The molecule has 0 saturated heterocycles. The summed E-state index contributed by atoms with van der Waals surface area (Å²) in [5.74, 6) is 5.82. The van der Waals surface area contributed by atoms with Gasteiger partial charge in [0.2, 0.25) is 0 Å². The van der Waals surface area contributed by atoms with Gasteiger partial charge in [0, 0.05) is 37.3 Å². The molecule has 3 aliphatic rings. The average molecular weight is 771 g/mol. The van der Waals surface area contributed by atoms with Crippen LogP contribution in [0.15, 0.2) is 0 Å². The normalized spacial score (nSPS) is 29.2. The Kier molecular flexibility index (Phi) is 21.3. The molecule has 0 aliphatic heterocycles. The minimum Gasteiger partial charge on any atom is -0.441 e. The second kappa shape index (κ2) is 25.5. The van der Waals surface area contributed by atoms with Crippen LogP contribution in [0.4, 0.5) is 4.79 Å². The summed E-state index contributed by atoms with van der Waals surface area (Å²) in [5.41, 5.74) is 0. The van der Waals surface area contributed by atoms with E-state index in [1.54, 1.807) is 0 Å². The number of alkyl carbamates (subject to hydrolysis) is 1. The van der Waals surface area contributed by atoms with Crippen molar-refractivity contribution in [2.24, 2.45) is 23.7 Å². The molecule has 0 bridgehead atoms. The van der Waals surface area contributed by atoms with Gasteiger partial charge in [0.05, 0.1) is 25.4 Å². The summed E-state index contributed by atoms with van der Waals surface area (Å²) in [4.78, 5) is 28.2. The number of unbranched alkanes of at least 4 members (excludes halogenated alkanes) is 11. The van der Waals surface area contributed by atoms with Crippen LogP contribution in [0, 0.1) is 23.7 Å². The summed E-state index contributed by atoms with van der Waals surface area (Å²) in [6.45, 7) is 15.6. The SMILES string of the molecule is CCCCCCCCCCCCCOCC(COC1CCC(c2nc(C3CCC(C)CC3C)nc(C3CCC(C)CC3C)n2)C(O)C1)OC(=O)NCCCC. The molecule has 10 unspecified atom stereocenters. The third-order valence-corrected chi connectivity index (χ3v) is 13.1. The largest absolute Gasteiger partial charge is 0.441 e. The highest BCUT2D eigenvalue weighted by Crippen LogP contribution is 2.43. The molecule has 0 aromatic carbocycles. The third kappa shape index (κ3) is 16.1. The minimum absolute atomic E-state index is 0.132. The molecule has 316 valence electrons. The summed E-state index contributed by atoms with van der Waals surface area (Å²) >= 11 is 0. The van der Waals surface area contributed by atoms with Gasteiger partial charge in [-0.15, -0.1) is 0 Å². The maximum atomic E-state index is 12.6. The van der Waals surface area contributed by atoms with E-state index in [2.05, 4.69) is 46.9 Å². The Hall–Kier alpha value is -1.84. The Morgan fingerprint density at radius 1 is 0.655 bits per heavy atom. The maximum Gasteiger partial charge on any atom is 0.407 e. The van der Waals surface area contributed by atoms with Crippen molar-refractivity contribution in [1.29, 1.82) is 0 Å². The Balaban J connectivity index is 1.29. The van der Waals surface area contributed by atoms with Crippen LogP contribution < -0.4 is 5.32 Å². The smallest absolute Gasteiger partial charge is 0.407 e. The number of aliphatic hydroxyl groups excluding tert-OH is 1. The van der Waals surface area contributed by atoms with Crippen molar-refractivity contribution >= 4 is 6.09 Å². The van der Waals surface area contributed by atoms with E-state index in [-0.39, 0.29) is 18.6 Å². The number of carbonyl (C=O) groups excluding carboxylic acids is 1. The van der Waals surface area contributed by atoms with Gasteiger partial charge < -0.3 is 24.6 Å². The molecule has 3 fully saturated rings. The molecule has 4 rings (SSSR count). The highest BCUT2D eigenvalue weighted by molar-refractivity contribution is 5.67. The molecule has 55 heavy (non-hydrogen) atoms. The van der Waals surface area contributed by atoms with Crippen LogP contribution in [0.1, 0.15) is 218 Å². The molecule has 0 radical (unpaired) electrons. The average Bonchev–Trinajstić information content (AvgIpc) is 3.15. The quantitative estimate of drug-likeness (QED) is 0.0998. The van der Waals surface area contributed by atoms with E-state index in [1.807, 2.05) is 0 Å². The molecule has 1 amide bonds. The summed E-state index contributed by atoms with van der Waals surface area (Å²) in [6, 6.07) is 0. The monoisotopic (exact) mass is 771 g/mol. The molecular weight excluding hydrogens is 689 g/mol. The van der Waals surface area contributed by atoms with Crippen LogP contribution in [-0.2, 0) is 14.2 Å². The van der Waals surface area contributed by atoms with E-state index in [0.717, 1.165) is 74.3 Å². The molecule has 3 aliphatic carbocycles. The first-order valence-electron chi connectivity index (χ1n) is 23.3. The van der Waals surface area contributed by atoms with Crippen LogP contribution in [0.25, 0.3) is 0 Å². The van der Waals surface area contributed by atoms with Crippen LogP contribution in [-0.4, -0.2) is 70.8 Å². The molecule has 1 aromatic rings. The lowest BCUT2D eigenvalue weighted by Crippen LogP contribution is -2.38. The number of aliphatic hydroxyl groups is 1. The number of aromatic nitrogens is 3. The highest BCUT2D eigenvalue weighted by Gasteiger charge is 2.37. The lowest BCUT2D eigenvalue weighted by Gasteiger charge is -2.36. The van der Waals surface area contributed by atoms with E-state index < -0.39 is 18.3 Å². The van der Waals surface area contributed by atoms with Gasteiger partial charge in [0.25, 0.3) is 0 Å². The van der Waals surface area contributed by atoms with E-state index in [0.29, 0.717) is 49.9 Å². The van der Waals surface area contributed by atoms with Crippen LogP contribution in [0.3, 0.4) is 0 Å². The Morgan fingerprint density at radius 2 is 1.16 bits per heavy atom. The van der Waals surface area contributed by atoms with Gasteiger partial charge in [0.15, 0.2) is 6.10 Å². The fourth-order valence-electron chi connectivity index (χ4n) is 9.59. The van der Waals surface area contributed by atoms with Crippen molar-refractivity contribution in [3.8, 4) is 0 Å². The number of ether oxygens (including phenoxy) is 3. The van der Waals surface area contributed by atoms with Gasteiger partial charge in [-0.05, 0) is 87.9 Å². The molecule has 1 heterocycles. The van der Waals surface area contributed by atoms with Gasteiger partial charge >= 0.3 is 6.09 Å². The molecule has 9 heteroatoms. The Morgan fingerprint density at radius 3 is 1.69 bits per heavy atom. The standard InChI is InChI=1S/C46H82N4O5/c1-7-9-11-12-13-14-15-16-17-18-19-27-53-31-38(55-46(52)47-26-10-8-2)32-54-37-22-25-41(42(51)30-37)45-49-43(39-23-20-33(3)28-35(39)5)48-44(50-45)40-24-21-34(4)29-36(40)6/h33-42,51H,7-32H2,1-6H3,(H,47,52). The highest BCUT2D eigenvalue weighted by atomic mass is 16.6. The molecule has 9 nitrogen and oxygen atoms in total. The van der Waals surface area contributed by atoms with E-state index in [1.165, 1.54) is 89.9 Å². The van der Waals surface area contributed by atoms with Gasteiger partial charge in [0.1, 0.15) is 17.5 Å². The van der Waals surface area contributed by atoms with Crippen molar-refractivity contribution in [3.63, 3.8) is 0 Å². The van der Waals surface area contributed by atoms with Gasteiger partial charge in [-0.3, -0.25) is 0 Å². The van der Waals surface area contributed by atoms with Gasteiger partial charge in [-0.1, -0.05) is 112 Å². The van der Waals surface area contributed by atoms with Gasteiger partial charge in [-0.2, -0.15) is 0 Å². The summed E-state index contributed by atoms with van der Waals surface area (Å²) in [7, 11) is 0. The first-order valence-corrected chi connectivity index (χ1v) is 23.3. The zero-order valence-corrected chi connectivity index (χ0v) is 36.1. The number of nitrogens with zero attached hydrogens (tertiary/aromatic N) is 3. The molecule has 1 aromatic heterocycles. The molecule has 10 atom stereocenters. The number of carbonyl (C=O) groups is 1. The molecular formula is C46H82N4O5. The van der Waals surface area contributed by atoms with E-state index in [9.17, 15) is 9.90 Å². The maximum absolute atomic E-state index is 12.6. The zero-order chi connectivity index (χ0) is 39.4. The zero-order valence-electron chi connectivity index (χ0n) is 36.1. The first kappa shape index (κ1) is 45.9. The van der Waals surface area contributed by atoms with Gasteiger partial charge in [-0.25, -0.2) is 19.7 Å². The predicted octanol–water partition coefficient (Wildman–Crippen LogP) is 11.2. The summed E-state index contributed by atoms with van der Waals surface area (Å²) in [6.07, 6.45) is 23.6. The summed E-state index contributed by atoms with van der Waals surface area (Å²) < 4.78 is 18.2. The van der Waals surface area contributed by atoms with Crippen LogP contribution >= 0.6 is 0 Å². The van der Waals surface area contributed by atoms with E-state index >= 15 is 0 Å². The number of hydrogen-bond donors (Lipinski definition) is 2. The van der Waals surface area contributed by atoms with Crippen molar-refractivity contribution in [2.75, 3.05) is 26.4 Å². The number of nitrogens with one attached hydrogen (secondary N) is 1. The van der Waals surface area contributed by atoms with Crippen molar-refractivity contribution in [2.45, 2.75) is 219 Å². The summed E-state index contributed by atoms with van der Waals surface area (Å²) in [5, 5.41) is 14.5. The van der Waals surface area contributed by atoms with Crippen molar-refractivity contribution in [3.05, 3.63) is 17.5 Å². The molecule has 0 spiro atoms. The lowest BCUT2D eigenvalue weighted by atomic mass is 9.74. The van der Waals surface area contributed by atoms with Crippen molar-refractivity contribution < 1.29 is 24.1 Å². The predicted molar refractivity (Wildman–Crippen MR) is 222 cm³/mol. The fourth-order valence-corrected chi connectivity index (χ4v) is 9.59. The Labute approximate surface area is 336 Å². The molecule has 2 N–H and O–H groups in total. The number of amides is 1. The van der Waals surface area contributed by atoms with E-state index in [4.69, 9.17) is 29.2 Å². The third-order valence-electron chi connectivity index (χ3n) is 13.1. The fraction of sp³-hybridized carbons (Fsp3) is 0.913. The second-order valence-corrected chi connectivity index (χ2v) is 18.3. The minimum atomic E-state index is -0.608. The second-order valence-electron chi connectivity index (χ2n) is 18.3. The number of rotatable bonds is 24. The van der Waals surface area contributed by atoms with Crippen LogP contribution in [0.5, 0.6) is 0 Å². The van der Waals surface area contributed by atoms with Crippen molar-refractivity contribution in [1.82, 2.24) is 20.3 Å².